The Hall–Kier alpha value is -3.72. The number of nitro groups is 1. The first-order valence-electron chi connectivity index (χ1n) is 10.2. The zero-order valence-corrected chi connectivity index (χ0v) is 17.8. The standard InChI is InChI=1S/C23H19N3O5S/c27-22(25-15-6-2-1-3-7-15)21-16-8-4-5-9-20(16)32-23(21)24-12-14-10-18-19(31-13-30-18)11-17(14)26(28)29/h1-3,6-7,10-12H,4-5,8-9,13H2,(H,25,27). The second-order valence-corrected chi connectivity index (χ2v) is 8.57. The summed E-state index contributed by atoms with van der Waals surface area (Å²) in [6, 6.07) is 12.1. The number of amides is 1. The molecule has 0 radical (unpaired) electrons. The van der Waals surface area contributed by atoms with E-state index in [9.17, 15) is 14.9 Å². The van der Waals surface area contributed by atoms with Crippen LogP contribution in [-0.4, -0.2) is 23.8 Å². The number of carbonyl (C=O) groups excluding carboxylic acids is 1. The molecular formula is C23H19N3O5S. The number of nitrogens with one attached hydrogen (secondary N) is 1. The third-order valence-electron chi connectivity index (χ3n) is 5.45. The quantitative estimate of drug-likeness (QED) is 0.325. The predicted octanol–water partition coefficient (Wildman–Crippen LogP) is 5.27. The van der Waals surface area contributed by atoms with E-state index in [0.717, 1.165) is 36.1 Å². The van der Waals surface area contributed by atoms with Crippen LogP contribution in [0.15, 0.2) is 47.5 Å². The minimum Gasteiger partial charge on any atom is -0.454 e. The zero-order valence-electron chi connectivity index (χ0n) is 17.0. The van der Waals surface area contributed by atoms with Gasteiger partial charge in [0.15, 0.2) is 11.5 Å². The topological polar surface area (TPSA) is 103 Å². The van der Waals surface area contributed by atoms with Gasteiger partial charge in [0.2, 0.25) is 6.79 Å². The van der Waals surface area contributed by atoms with Crippen LogP contribution in [-0.2, 0) is 12.8 Å². The number of benzene rings is 2. The van der Waals surface area contributed by atoms with Crippen LogP contribution in [0.5, 0.6) is 11.5 Å². The van der Waals surface area contributed by atoms with E-state index < -0.39 is 4.92 Å². The van der Waals surface area contributed by atoms with Crippen LogP contribution < -0.4 is 14.8 Å². The molecule has 2 aliphatic rings. The van der Waals surface area contributed by atoms with Crippen molar-refractivity contribution >= 4 is 39.8 Å². The minimum absolute atomic E-state index is 0.0224. The summed E-state index contributed by atoms with van der Waals surface area (Å²) in [4.78, 5) is 30.0. The van der Waals surface area contributed by atoms with Crippen LogP contribution >= 0.6 is 11.3 Å². The van der Waals surface area contributed by atoms with Gasteiger partial charge >= 0.3 is 0 Å². The molecule has 0 spiro atoms. The first-order chi connectivity index (χ1) is 15.6. The molecule has 0 saturated heterocycles. The maximum Gasteiger partial charge on any atom is 0.282 e. The zero-order chi connectivity index (χ0) is 22.1. The molecule has 0 saturated carbocycles. The second-order valence-electron chi connectivity index (χ2n) is 7.49. The monoisotopic (exact) mass is 449 g/mol. The Labute approximate surface area is 187 Å². The molecule has 1 amide bonds. The maximum atomic E-state index is 13.2. The lowest BCUT2D eigenvalue weighted by Crippen LogP contribution is -2.14. The number of hydrogen-bond acceptors (Lipinski definition) is 7. The van der Waals surface area contributed by atoms with E-state index in [2.05, 4.69) is 10.3 Å². The molecule has 32 heavy (non-hydrogen) atoms. The molecule has 1 aliphatic heterocycles. The number of anilines is 1. The van der Waals surface area contributed by atoms with Crippen molar-refractivity contribution in [3.05, 3.63) is 74.1 Å². The average Bonchev–Trinajstić information content (AvgIpc) is 3.41. The molecule has 2 heterocycles. The highest BCUT2D eigenvalue weighted by molar-refractivity contribution is 7.16. The lowest BCUT2D eigenvalue weighted by Gasteiger charge is -2.12. The number of para-hydroxylation sites is 1. The van der Waals surface area contributed by atoms with E-state index in [1.165, 1.54) is 23.6 Å². The fourth-order valence-corrected chi connectivity index (χ4v) is 5.16. The van der Waals surface area contributed by atoms with E-state index in [-0.39, 0.29) is 18.4 Å². The van der Waals surface area contributed by atoms with Gasteiger partial charge in [-0.2, -0.15) is 0 Å². The number of rotatable bonds is 5. The number of nitro benzene ring substituents is 1. The van der Waals surface area contributed by atoms with Crippen LogP contribution in [0.3, 0.4) is 0 Å². The molecule has 0 unspecified atom stereocenters. The number of thiophene rings is 1. The molecule has 5 rings (SSSR count). The van der Waals surface area contributed by atoms with E-state index in [4.69, 9.17) is 9.47 Å². The fraction of sp³-hybridized carbons (Fsp3) is 0.217. The Morgan fingerprint density at radius 1 is 1.12 bits per heavy atom. The summed E-state index contributed by atoms with van der Waals surface area (Å²) in [6.45, 7) is 0.0224. The van der Waals surface area contributed by atoms with E-state index >= 15 is 0 Å². The molecule has 3 aromatic rings. The Morgan fingerprint density at radius 3 is 2.66 bits per heavy atom. The molecule has 1 aromatic heterocycles. The van der Waals surface area contributed by atoms with Crippen LogP contribution in [0, 0.1) is 10.1 Å². The molecular weight excluding hydrogens is 430 g/mol. The molecule has 162 valence electrons. The molecule has 9 heteroatoms. The molecule has 1 N–H and O–H groups in total. The lowest BCUT2D eigenvalue weighted by atomic mass is 9.95. The highest BCUT2D eigenvalue weighted by atomic mass is 32.1. The number of ether oxygens (including phenoxy) is 2. The van der Waals surface area contributed by atoms with Gasteiger partial charge in [0.1, 0.15) is 5.00 Å². The SMILES string of the molecule is O=C(Nc1ccccc1)c1c(N=Cc2cc3c(cc2[N+](=O)[O-])OCO3)sc2c1CCCC2. The highest BCUT2D eigenvalue weighted by Crippen LogP contribution is 2.41. The summed E-state index contributed by atoms with van der Waals surface area (Å²) in [6.07, 6.45) is 5.25. The Balaban J connectivity index is 1.53. The molecule has 8 nitrogen and oxygen atoms in total. The van der Waals surface area contributed by atoms with Gasteiger partial charge in [0.05, 0.1) is 22.1 Å². The van der Waals surface area contributed by atoms with Crippen LogP contribution in [0.2, 0.25) is 0 Å². The Bertz CT molecular complexity index is 1240. The largest absolute Gasteiger partial charge is 0.454 e. The van der Waals surface area contributed by atoms with Gasteiger partial charge in [-0.15, -0.1) is 11.3 Å². The predicted molar refractivity (Wildman–Crippen MR) is 122 cm³/mol. The van der Waals surface area contributed by atoms with Gasteiger partial charge in [-0.1, -0.05) is 18.2 Å². The smallest absolute Gasteiger partial charge is 0.282 e. The van der Waals surface area contributed by atoms with Crippen LogP contribution in [0.4, 0.5) is 16.4 Å². The van der Waals surface area contributed by atoms with Crippen molar-refractivity contribution in [3.8, 4) is 11.5 Å². The molecule has 1 aliphatic carbocycles. The first-order valence-corrected chi connectivity index (χ1v) is 11.0. The van der Waals surface area contributed by atoms with Gasteiger partial charge in [-0.25, -0.2) is 4.99 Å². The van der Waals surface area contributed by atoms with Crippen molar-refractivity contribution < 1.29 is 19.2 Å². The van der Waals surface area contributed by atoms with Crippen LogP contribution in [0.1, 0.15) is 39.2 Å². The molecule has 0 atom stereocenters. The van der Waals surface area contributed by atoms with Crippen molar-refractivity contribution in [1.82, 2.24) is 0 Å². The second kappa shape index (κ2) is 8.43. The van der Waals surface area contributed by atoms with Gasteiger partial charge in [-0.05, 0) is 49.4 Å². The third-order valence-corrected chi connectivity index (χ3v) is 6.65. The number of carbonyl (C=O) groups is 1. The van der Waals surface area contributed by atoms with Crippen molar-refractivity contribution in [2.45, 2.75) is 25.7 Å². The van der Waals surface area contributed by atoms with E-state index in [1.807, 2.05) is 30.3 Å². The lowest BCUT2D eigenvalue weighted by molar-refractivity contribution is -0.385. The number of hydrogen-bond donors (Lipinski definition) is 1. The van der Waals surface area contributed by atoms with Crippen molar-refractivity contribution in [3.63, 3.8) is 0 Å². The van der Waals surface area contributed by atoms with E-state index in [0.29, 0.717) is 33.3 Å². The van der Waals surface area contributed by atoms with Crippen LogP contribution in [0.25, 0.3) is 0 Å². The van der Waals surface area contributed by atoms with Gasteiger partial charge in [-0.3, -0.25) is 14.9 Å². The van der Waals surface area contributed by atoms with Gasteiger partial charge in [0, 0.05) is 16.8 Å². The summed E-state index contributed by atoms with van der Waals surface area (Å²) in [5.41, 5.74) is 2.44. The van der Waals surface area contributed by atoms with Crippen molar-refractivity contribution in [1.29, 1.82) is 0 Å². The molecule has 2 aromatic carbocycles. The maximum absolute atomic E-state index is 13.2. The summed E-state index contributed by atoms with van der Waals surface area (Å²) >= 11 is 1.48. The van der Waals surface area contributed by atoms with E-state index in [1.54, 1.807) is 6.07 Å². The summed E-state index contributed by atoms with van der Waals surface area (Å²) in [5, 5.41) is 15.1. The Kier molecular flexibility index (Phi) is 5.32. The number of fused-ring (bicyclic) bond motifs is 2. The summed E-state index contributed by atoms with van der Waals surface area (Å²) in [5.74, 6) is 0.552. The molecule has 0 fully saturated rings. The third kappa shape index (κ3) is 3.82. The number of aryl methyl sites for hydroxylation is 1. The van der Waals surface area contributed by atoms with Gasteiger partial charge < -0.3 is 14.8 Å². The van der Waals surface area contributed by atoms with Crippen molar-refractivity contribution in [2.24, 2.45) is 4.99 Å². The summed E-state index contributed by atoms with van der Waals surface area (Å²) in [7, 11) is 0. The number of aliphatic imine (C=N–C) groups is 1. The normalized spacial score (nSPS) is 14.4. The average molecular weight is 449 g/mol. The number of nitrogens with zero attached hydrogens (tertiary/aromatic N) is 2. The van der Waals surface area contributed by atoms with Crippen molar-refractivity contribution in [2.75, 3.05) is 12.1 Å². The first kappa shape index (κ1) is 20.2. The molecule has 0 bridgehead atoms. The Morgan fingerprint density at radius 2 is 1.88 bits per heavy atom. The fourth-order valence-electron chi connectivity index (χ4n) is 3.93. The highest BCUT2D eigenvalue weighted by Gasteiger charge is 2.26. The minimum atomic E-state index is -0.480. The summed E-state index contributed by atoms with van der Waals surface area (Å²) < 4.78 is 10.6. The van der Waals surface area contributed by atoms with Gasteiger partial charge in [0.25, 0.3) is 11.6 Å².